The first-order valence-electron chi connectivity index (χ1n) is 6.00. The summed E-state index contributed by atoms with van der Waals surface area (Å²) in [5, 5.41) is 11.7. The number of aryl methyl sites for hydroxylation is 1. The van der Waals surface area contributed by atoms with E-state index in [-0.39, 0.29) is 6.61 Å². The van der Waals surface area contributed by atoms with Crippen LogP contribution in [0.25, 0.3) is 0 Å². The molecule has 0 saturated carbocycles. The van der Waals surface area contributed by atoms with Crippen molar-refractivity contribution >= 4 is 6.09 Å². The standard InChI is InChI=1S/C12H21N3O3/c1-12(2,3)18-11(17)14-5-4-7-15-8-6-13-10(15)9-16/h6,8,16H,4-5,7,9H2,1-3H3,(H,14,17). The normalized spacial score (nSPS) is 11.3. The lowest BCUT2D eigenvalue weighted by atomic mass is 10.2. The third-order valence-electron chi connectivity index (χ3n) is 2.19. The number of rotatable bonds is 5. The summed E-state index contributed by atoms with van der Waals surface area (Å²) < 4.78 is 6.97. The Balaban J connectivity index is 2.21. The molecule has 0 spiro atoms. The van der Waals surface area contributed by atoms with Crippen molar-refractivity contribution < 1.29 is 14.6 Å². The maximum absolute atomic E-state index is 11.4. The van der Waals surface area contributed by atoms with Crippen molar-refractivity contribution in [1.82, 2.24) is 14.9 Å². The number of carbonyl (C=O) groups is 1. The molecule has 1 heterocycles. The Morgan fingerprint density at radius 3 is 2.89 bits per heavy atom. The van der Waals surface area contributed by atoms with Gasteiger partial charge in [-0.05, 0) is 27.2 Å². The van der Waals surface area contributed by atoms with Gasteiger partial charge >= 0.3 is 6.09 Å². The fraction of sp³-hybridized carbons (Fsp3) is 0.667. The van der Waals surface area contributed by atoms with Crippen LogP contribution in [-0.4, -0.2) is 32.9 Å². The summed E-state index contributed by atoms with van der Waals surface area (Å²) in [6, 6.07) is 0. The average Bonchev–Trinajstić information content (AvgIpc) is 2.69. The minimum atomic E-state index is -0.474. The molecule has 0 fully saturated rings. The first kappa shape index (κ1) is 14.5. The van der Waals surface area contributed by atoms with Crippen molar-refractivity contribution in [1.29, 1.82) is 0 Å². The molecule has 0 unspecified atom stereocenters. The van der Waals surface area contributed by atoms with Gasteiger partial charge in [0, 0.05) is 25.5 Å². The van der Waals surface area contributed by atoms with E-state index in [4.69, 9.17) is 9.84 Å². The lowest BCUT2D eigenvalue weighted by molar-refractivity contribution is 0.0526. The summed E-state index contributed by atoms with van der Waals surface area (Å²) in [7, 11) is 0. The van der Waals surface area contributed by atoms with Crippen molar-refractivity contribution in [3.05, 3.63) is 18.2 Å². The quantitative estimate of drug-likeness (QED) is 0.777. The summed E-state index contributed by atoms with van der Waals surface area (Å²) in [5.74, 6) is 0.632. The number of nitrogens with zero attached hydrogens (tertiary/aromatic N) is 2. The Labute approximate surface area is 107 Å². The summed E-state index contributed by atoms with van der Waals surface area (Å²) in [6.45, 7) is 6.62. The first-order chi connectivity index (χ1) is 8.42. The second-order valence-corrected chi connectivity index (χ2v) is 4.98. The van der Waals surface area contributed by atoms with E-state index in [0.29, 0.717) is 18.9 Å². The number of carbonyl (C=O) groups excluding carboxylic acids is 1. The highest BCUT2D eigenvalue weighted by Gasteiger charge is 2.15. The van der Waals surface area contributed by atoms with Gasteiger partial charge in [-0.2, -0.15) is 0 Å². The van der Waals surface area contributed by atoms with Crippen LogP contribution >= 0.6 is 0 Å². The van der Waals surface area contributed by atoms with Gasteiger partial charge in [0.1, 0.15) is 18.0 Å². The van der Waals surface area contributed by atoms with Crippen molar-refractivity contribution in [3.63, 3.8) is 0 Å². The minimum Gasteiger partial charge on any atom is -0.444 e. The minimum absolute atomic E-state index is 0.0769. The Kier molecular flexibility index (Phi) is 5.15. The lowest BCUT2D eigenvalue weighted by Crippen LogP contribution is -2.33. The first-order valence-corrected chi connectivity index (χ1v) is 6.00. The summed E-state index contributed by atoms with van der Waals surface area (Å²) in [4.78, 5) is 15.3. The molecular weight excluding hydrogens is 234 g/mol. The molecule has 0 bridgehead atoms. The number of hydrogen-bond acceptors (Lipinski definition) is 4. The zero-order valence-corrected chi connectivity index (χ0v) is 11.1. The van der Waals surface area contributed by atoms with Crippen LogP contribution in [0.4, 0.5) is 4.79 Å². The maximum Gasteiger partial charge on any atom is 0.407 e. The van der Waals surface area contributed by atoms with Crippen LogP contribution in [0.3, 0.4) is 0 Å². The van der Waals surface area contributed by atoms with Gasteiger partial charge in [0.05, 0.1) is 0 Å². The zero-order valence-electron chi connectivity index (χ0n) is 11.1. The lowest BCUT2D eigenvalue weighted by Gasteiger charge is -2.19. The Morgan fingerprint density at radius 2 is 2.28 bits per heavy atom. The van der Waals surface area contributed by atoms with Crippen molar-refractivity contribution in [2.75, 3.05) is 6.54 Å². The molecule has 1 amide bonds. The number of ether oxygens (including phenoxy) is 1. The predicted molar refractivity (Wildman–Crippen MR) is 67.0 cm³/mol. The van der Waals surface area contributed by atoms with Crippen LogP contribution in [0, 0.1) is 0 Å². The molecule has 0 atom stereocenters. The largest absolute Gasteiger partial charge is 0.444 e. The number of hydrogen-bond donors (Lipinski definition) is 2. The van der Waals surface area contributed by atoms with E-state index < -0.39 is 11.7 Å². The molecule has 102 valence electrons. The zero-order chi connectivity index (χ0) is 13.6. The molecule has 1 aromatic rings. The average molecular weight is 255 g/mol. The molecule has 0 aromatic carbocycles. The summed E-state index contributed by atoms with van der Waals surface area (Å²) in [6.07, 6.45) is 3.80. The monoisotopic (exact) mass is 255 g/mol. The molecule has 18 heavy (non-hydrogen) atoms. The van der Waals surface area contributed by atoms with Gasteiger partial charge < -0.3 is 19.7 Å². The number of alkyl carbamates (subject to hydrolysis) is 1. The van der Waals surface area contributed by atoms with Crippen molar-refractivity contribution in [2.24, 2.45) is 0 Å². The number of aromatic nitrogens is 2. The highest BCUT2D eigenvalue weighted by molar-refractivity contribution is 5.67. The molecule has 1 aromatic heterocycles. The smallest absolute Gasteiger partial charge is 0.407 e. The Morgan fingerprint density at radius 1 is 1.56 bits per heavy atom. The topological polar surface area (TPSA) is 76.4 Å². The number of aliphatic hydroxyl groups excluding tert-OH is 1. The summed E-state index contributed by atoms with van der Waals surface area (Å²) >= 11 is 0. The van der Waals surface area contributed by atoms with Gasteiger partial charge in [0.2, 0.25) is 0 Å². The highest BCUT2D eigenvalue weighted by Crippen LogP contribution is 2.06. The molecule has 1 rings (SSSR count). The third kappa shape index (κ3) is 5.18. The van der Waals surface area contributed by atoms with Gasteiger partial charge in [0.25, 0.3) is 0 Å². The van der Waals surface area contributed by atoms with E-state index in [2.05, 4.69) is 10.3 Å². The number of aliphatic hydroxyl groups is 1. The molecule has 0 radical (unpaired) electrons. The molecule has 6 nitrogen and oxygen atoms in total. The van der Waals surface area contributed by atoms with Crippen molar-refractivity contribution in [3.8, 4) is 0 Å². The second-order valence-electron chi connectivity index (χ2n) is 4.98. The van der Waals surface area contributed by atoms with E-state index in [1.165, 1.54) is 0 Å². The van der Waals surface area contributed by atoms with E-state index in [0.717, 1.165) is 6.42 Å². The molecule has 2 N–H and O–H groups in total. The molecule has 0 saturated heterocycles. The van der Waals surface area contributed by atoms with Crippen LogP contribution in [0.15, 0.2) is 12.4 Å². The number of amides is 1. The molecule has 0 aliphatic rings. The summed E-state index contributed by atoms with van der Waals surface area (Å²) in [5.41, 5.74) is -0.474. The Bertz CT molecular complexity index is 382. The van der Waals surface area contributed by atoms with E-state index >= 15 is 0 Å². The van der Waals surface area contributed by atoms with E-state index in [1.54, 1.807) is 12.4 Å². The number of nitrogens with one attached hydrogen (secondary N) is 1. The van der Waals surface area contributed by atoms with E-state index in [9.17, 15) is 4.79 Å². The molecule has 0 aliphatic heterocycles. The van der Waals surface area contributed by atoms with Crippen LogP contribution in [0.2, 0.25) is 0 Å². The van der Waals surface area contributed by atoms with Gasteiger partial charge in [-0.3, -0.25) is 0 Å². The van der Waals surface area contributed by atoms with Crippen LogP contribution in [-0.2, 0) is 17.9 Å². The number of imidazole rings is 1. The van der Waals surface area contributed by atoms with Gasteiger partial charge in [-0.1, -0.05) is 0 Å². The second kappa shape index (κ2) is 6.39. The van der Waals surface area contributed by atoms with E-state index in [1.807, 2.05) is 25.3 Å². The van der Waals surface area contributed by atoms with Gasteiger partial charge in [0.15, 0.2) is 0 Å². The third-order valence-corrected chi connectivity index (χ3v) is 2.19. The highest BCUT2D eigenvalue weighted by atomic mass is 16.6. The van der Waals surface area contributed by atoms with Crippen LogP contribution in [0.1, 0.15) is 33.0 Å². The maximum atomic E-state index is 11.4. The molecular formula is C12H21N3O3. The van der Waals surface area contributed by atoms with Crippen LogP contribution < -0.4 is 5.32 Å². The Hall–Kier alpha value is -1.56. The van der Waals surface area contributed by atoms with Gasteiger partial charge in [-0.25, -0.2) is 9.78 Å². The van der Waals surface area contributed by atoms with Crippen LogP contribution in [0.5, 0.6) is 0 Å². The van der Waals surface area contributed by atoms with Gasteiger partial charge in [-0.15, -0.1) is 0 Å². The fourth-order valence-corrected chi connectivity index (χ4v) is 1.45. The fourth-order valence-electron chi connectivity index (χ4n) is 1.45. The molecule has 0 aliphatic carbocycles. The van der Waals surface area contributed by atoms with Crippen molar-refractivity contribution in [2.45, 2.75) is 45.9 Å². The SMILES string of the molecule is CC(C)(C)OC(=O)NCCCn1ccnc1CO. The predicted octanol–water partition coefficient (Wildman–Crippen LogP) is 1.29. The molecule has 6 heteroatoms.